The SMILES string of the molecule is Cc1ccc(N2CC3(CCN(Cc4nn(C(C)C)c5ccc(OCc6ccccc6)cc45)CC3)OC2=O)cc1. The van der Waals surface area contributed by atoms with E-state index in [1.165, 1.54) is 5.56 Å². The number of hydrogen-bond acceptors (Lipinski definition) is 5. The van der Waals surface area contributed by atoms with Gasteiger partial charge < -0.3 is 9.47 Å². The molecule has 2 aliphatic rings. The van der Waals surface area contributed by atoms with Crippen molar-refractivity contribution in [2.75, 3.05) is 24.5 Å². The normalized spacial score (nSPS) is 17.3. The molecule has 0 saturated carbocycles. The lowest BCUT2D eigenvalue weighted by Gasteiger charge is -2.37. The van der Waals surface area contributed by atoms with Crippen LogP contribution in [0.2, 0.25) is 0 Å². The molecular weight excluding hydrogens is 488 g/mol. The van der Waals surface area contributed by atoms with Crippen molar-refractivity contribution in [1.29, 1.82) is 0 Å². The van der Waals surface area contributed by atoms with Crippen molar-refractivity contribution in [3.8, 4) is 5.75 Å². The molecule has 2 saturated heterocycles. The Kier molecular flexibility index (Phi) is 6.77. The van der Waals surface area contributed by atoms with Gasteiger partial charge >= 0.3 is 6.09 Å². The summed E-state index contributed by atoms with van der Waals surface area (Å²) in [4.78, 5) is 17.0. The van der Waals surface area contributed by atoms with Gasteiger partial charge in [0.25, 0.3) is 0 Å². The van der Waals surface area contributed by atoms with E-state index in [9.17, 15) is 4.79 Å². The molecule has 2 fully saturated rings. The molecule has 0 radical (unpaired) electrons. The van der Waals surface area contributed by atoms with E-state index in [-0.39, 0.29) is 12.1 Å². The van der Waals surface area contributed by atoms with Gasteiger partial charge in [-0.2, -0.15) is 5.10 Å². The molecule has 7 heteroatoms. The number of piperidine rings is 1. The number of anilines is 1. The van der Waals surface area contributed by atoms with Crippen LogP contribution in [-0.2, 0) is 17.9 Å². The second-order valence-corrected chi connectivity index (χ2v) is 11.2. The average molecular weight is 525 g/mol. The summed E-state index contributed by atoms with van der Waals surface area (Å²) in [6, 6.07) is 24.8. The van der Waals surface area contributed by atoms with Crippen molar-refractivity contribution < 1.29 is 14.3 Å². The van der Waals surface area contributed by atoms with E-state index in [1.54, 1.807) is 4.90 Å². The number of benzene rings is 3. The molecule has 3 heterocycles. The molecule has 2 aliphatic heterocycles. The van der Waals surface area contributed by atoms with Crippen LogP contribution in [0, 0.1) is 6.92 Å². The molecule has 0 bridgehead atoms. The van der Waals surface area contributed by atoms with Crippen LogP contribution in [0.5, 0.6) is 5.75 Å². The fraction of sp³-hybridized carbons (Fsp3) is 0.375. The number of fused-ring (bicyclic) bond motifs is 1. The van der Waals surface area contributed by atoms with E-state index >= 15 is 0 Å². The van der Waals surface area contributed by atoms with Gasteiger partial charge in [-0.25, -0.2) is 4.79 Å². The monoisotopic (exact) mass is 524 g/mol. The van der Waals surface area contributed by atoms with Crippen LogP contribution in [0.15, 0.2) is 72.8 Å². The zero-order valence-corrected chi connectivity index (χ0v) is 23.0. The van der Waals surface area contributed by atoms with Gasteiger partial charge in [0.1, 0.15) is 18.0 Å². The Labute approximate surface area is 229 Å². The summed E-state index contributed by atoms with van der Waals surface area (Å²) >= 11 is 0. The molecule has 0 N–H and O–H groups in total. The van der Waals surface area contributed by atoms with E-state index in [0.29, 0.717) is 13.2 Å². The second kappa shape index (κ2) is 10.4. The van der Waals surface area contributed by atoms with Crippen molar-refractivity contribution in [2.45, 2.75) is 58.4 Å². The highest BCUT2D eigenvalue weighted by Gasteiger charge is 2.47. The molecule has 0 atom stereocenters. The van der Waals surface area contributed by atoms with Crippen molar-refractivity contribution in [2.24, 2.45) is 0 Å². The van der Waals surface area contributed by atoms with Crippen LogP contribution in [0.25, 0.3) is 10.9 Å². The lowest BCUT2D eigenvalue weighted by atomic mass is 9.91. The van der Waals surface area contributed by atoms with Crippen molar-refractivity contribution in [1.82, 2.24) is 14.7 Å². The smallest absolute Gasteiger partial charge is 0.415 e. The highest BCUT2D eigenvalue weighted by atomic mass is 16.6. The van der Waals surface area contributed by atoms with Crippen LogP contribution in [0.3, 0.4) is 0 Å². The van der Waals surface area contributed by atoms with Crippen LogP contribution in [0.4, 0.5) is 10.5 Å². The van der Waals surface area contributed by atoms with E-state index in [4.69, 9.17) is 14.6 Å². The maximum atomic E-state index is 12.8. The van der Waals surface area contributed by atoms with Gasteiger partial charge in [0.15, 0.2) is 0 Å². The van der Waals surface area contributed by atoms with Gasteiger partial charge in [0, 0.05) is 49.6 Å². The van der Waals surface area contributed by atoms with E-state index in [1.807, 2.05) is 48.5 Å². The quantitative estimate of drug-likeness (QED) is 0.276. The number of carbonyl (C=O) groups excluding carboxylic acids is 1. The molecule has 202 valence electrons. The Bertz CT molecular complexity index is 1450. The maximum Gasteiger partial charge on any atom is 0.415 e. The predicted molar refractivity (Wildman–Crippen MR) is 153 cm³/mol. The minimum atomic E-state index is -0.420. The summed E-state index contributed by atoms with van der Waals surface area (Å²) in [5.74, 6) is 0.850. The number of carbonyl (C=O) groups is 1. The third-order valence-electron chi connectivity index (χ3n) is 7.95. The number of aryl methyl sites for hydroxylation is 1. The Hall–Kier alpha value is -3.84. The standard InChI is InChI=1S/C32H36N4O3/c1-23(2)36-30-14-13-27(38-21-25-7-5-4-6-8-25)19-28(30)29(33-36)20-34-17-15-32(16-18-34)22-35(31(37)39-32)26-11-9-24(3)10-12-26/h4-14,19,23H,15-18,20-22H2,1-3H3. The number of ether oxygens (including phenoxy) is 2. The number of nitrogens with zero attached hydrogens (tertiary/aromatic N) is 4. The van der Waals surface area contributed by atoms with Gasteiger partial charge in [-0.3, -0.25) is 14.5 Å². The topological polar surface area (TPSA) is 59.8 Å². The van der Waals surface area contributed by atoms with Gasteiger partial charge in [-0.15, -0.1) is 0 Å². The van der Waals surface area contributed by atoms with Gasteiger partial charge in [0.05, 0.1) is 17.8 Å². The molecule has 6 rings (SSSR count). The van der Waals surface area contributed by atoms with Crippen molar-refractivity contribution in [3.05, 3.63) is 89.6 Å². The summed E-state index contributed by atoms with van der Waals surface area (Å²) in [6.07, 6.45) is 1.39. The number of rotatable bonds is 7. The first-order chi connectivity index (χ1) is 18.9. The molecular formula is C32H36N4O3. The lowest BCUT2D eigenvalue weighted by molar-refractivity contribution is -0.00119. The fourth-order valence-electron chi connectivity index (χ4n) is 5.66. The third kappa shape index (κ3) is 5.23. The van der Waals surface area contributed by atoms with Crippen LogP contribution >= 0.6 is 0 Å². The first-order valence-electron chi connectivity index (χ1n) is 13.9. The molecule has 0 unspecified atom stereocenters. The molecule has 1 spiro atoms. The summed E-state index contributed by atoms with van der Waals surface area (Å²) < 4.78 is 14.2. The highest BCUT2D eigenvalue weighted by Crippen LogP contribution is 2.36. The number of likely N-dealkylation sites (tertiary alicyclic amines) is 1. The van der Waals surface area contributed by atoms with E-state index < -0.39 is 5.60 Å². The molecule has 7 nitrogen and oxygen atoms in total. The highest BCUT2D eigenvalue weighted by molar-refractivity contribution is 5.90. The number of hydrogen-bond donors (Lipinski definition) is 0. The zero-order chi connectivity index (χ0) is 27.0. The molecule has 3 aromatic carbocycles. The summed E-state index contributed by atoms with van der Waals surface area (Å²) in [6.45, 7) is 9.98. The fourth-order valence-corrected chi connectivity index (χ4v) is 5.66. The van der Waals surface area contributed by atoms with Gasteiger partial charge in [-0.1, -0.05) is 48.0 Å². The summed E-state index contributed by atoms with van der Waals surface area (Å²) in [5, 5.41) is 6.16. The molecule has 1 aromatic heterocycles. The van der Waals surface area contributed by atoms with E-state index in [2.05, 4.69) is 54.6 Å². The number of aromatic nitrogens is 2. The third-order valence-corrected chi connectivity index (χ3v) is 7.95. The molecule has 4 aromatic rings. The van der Waals surface area contributed by atoms with Crippen molar-refractivity contribution >= 4 is 22.7 Å². The Morgan fingerprint density at radius 1 is 1.00 bits per heavy atom. The number of amides is 1. The van der Waals surface area contributed by atoms with Crippen LogP contribution in [0.1, 0.15) is 49.6 Å². The minimum absolute atomic E-state index is 0.239. The average Bonchev–Trinajstić information content (AvgIpc) is 3.47. The molecule has 0 aliphatic carbocycles. The first-order valence-corrected chi connectivity index (χ1v) is 13.9. The molecule has 1 amide bonds. The second-order valence-electron chi connectivity index (χ2n) is 11.2. The summed E-state index contributed by atoms with van der Waals surface area (Å²) in [5.41, 5.74) is 4.99. The van der Waals surface area contributed by atoms with Gasteiger partial charge in [0.2, 0.25) is 0 Å². The Balaban J connectivity index is 1.15. The summed E-state index contributed by atoms with van der Waals surface area (Å²) in [7, 11) is 0. The first kappa shape index (κ1) is 25.4. The van der Waals surface area contributed by atoms with Crippen molar-refractivity contribution in [3.63, 3.8) is 0 Å². The minimum Gasteiger partial charge on any atom is -0.489 e. The Morgan fingerprint density at radius 3 is 2.46 bits per heavy atom. The zero-order valence-electron chi connectivity index (χ0n) is 23.0. The molecule has 39 heavy (non-hydrogen) atoms. The maximum absolute atomic E-state index is 12.8. The largest absolute Gasteiger partial charge is 0.489 e. The van der Waals surface area contributed by atoms with Crippen LogP contribution < -0.4 is 9.64 Å². The lowest BCUT2D eigenvalue weighted by Crippen LogP contribution is -2.46. The Morgan fingerprint density at radius 2 is 1.74 bits per heavy atom. The van der Waals surface area contributed by atoms with E-state index in [0.717, 1.165) is 66.1 Å². The predicted octanol–water partition coefficient (Wildman–Crippen LogP) is 6.50. The van der Waals surface area contributed by atoms with Gasteiger partial charge in [-0.05, 0) is 56.7 Å². The van der Waals surface area contributed by atoms with Crippen LogP contribution in [-0.4, -0.2) is 46.0 Å².